The number of phenols is 2. The van der Waals surface area contributed by atoms with Crippen molar-refractivity contribution in [1.82, 2.24) is 0 Å². The molecule has 2 bridgehead atoms. The Hall–Kier alpha value is -1.66. The van der Waals surface area contributed by atoms with E-state index in [0.717, 1.165) is 0 Å². The Bertz CT molecular complexity index is 468. The predicted molar refractivity (Wildman–Crippen MR) is 63.5 cm³/mol. The van der Waals surface area contributed by atoms with Crippen LogP contribution in [0.1, 0.15) is 0 Å². The molecule has 0 saturated carbocycles. The molecule has 0 spiro atoms. The van der Waals surface area contributed by atoms with Gasteiger partial charge in [0, 0.05) is 12.1 Å². The Kier molecular flexibility index (Phi) is 4.49. The fourth-order valence-corrected chi connectivity index (χ4v) is 1.59. The minimum absolute atomic E-state index is 0.00419. The van der Waals surface area contributed by atoms with Crippen molar-refractivity contribution in [2.24, 2.45) is 9.98 Å². The quantitative estimate of drug-likeness (QED) is 0.476. The van der Waals surface area contributed by atoms with Gasteiger partial charge in [-0.05, 0) is 0 Å². The third kappa shape index (κ3) is 3.41. The summed E-state index contributed by atoms with van der Waals surface area (Å²) >= 11 is 0. The van der Waals surface area contributed by atoms with E-state index in [9.17, 15) is 10.2 Å². The first kappa shape index (κ1) is 12.8. The summed E-state index contributed by atoms with van der Waals surface area (Å²) in [4.78, 5) is 8.28. The molecule has 0 fully saturated rings. The van der Waals surface area contributed by atoms with Gasteiger partial charge < -0.3 is 19.7 Å². The van der Waals surface area contributed by atoms with E-state index in [4.69, 9.17) is 9.47 Å². The molecular formula is C12H16N2O4. The van der Waals surface area contributed by atoms with Crippen molar-refractivity contribution in [3.63, 3.8) is 0 Å². The first-order valence-electron chi connectivity index (χ1n) is 5.84. The van der Waals surface area contributed by atoms with E-state index < -0.39 is 0 Å². The third-order valence-corrected chi connectivity index (χ3v) is 2.48. The normalized spacial score (nSPS) is 17.6. The number of hydrogen-bond acceptors (Lipinski definition) is 6. The van der Waals surface area contributed by atoms with Gasteiger partial charge in [-0.25, -0.2) is 0 Å². The second-order valence-corrected chi connectivity index (χ2v) is 3.82. The SMILES string of the molecule is Oc1cc2c(O)cc1=NCCOCCOCCN=2. The summed E-state index contributed by atoms with van der Waals surface area (Å²) in [5.41, 5.74) is 0. The molecule has 98 valence electrons. The monoisotopic (exact) mass is 252 g/mol. The number of fused-ring (bicyclic) bond motifs is 11. The van der Waals surface area contributed by atoms with Crippen LogP contribution in [0, 0.1) is 0 Å². The minimum Gasteiger partial charge on any atom is -0.506 e. The van der Waals surface area contributed by atoms with Crippen LogP contribution < -0.4 is 10.7 Å². The predicted octanol–water partition coefficient (Wildman–Crippen LogP) is -0.616. The molecule has 6 nitrogen and oxygen atoms in total. The maximum Gasteiger partial charge on any atom is 0.143 e. The smallest absolute Gasteiger partial charge is 0.143 e. The summed E-state index contributed by atoms with van der Waals surface area (Å²) in [6, 6.07) is 2.81. The van der Waals surface area contributed by atoms with Crippen LogP contribution in [-0.4, -0.2) is 49.7 Å². The van der Waals surface area contributed by atoms with Gasteiger partial charge >= 0.3 is 0 Å². The Labute approximate surface area is 104 Å². The van der Waals surface area contributed by atoms with Gasteiger partial charge in [-0.1, -0.05) is 0 Å². The first-order valence-corrected chi connectivity index (χ1v) is 5.84. The number of hydrogen-bond donors (Lipinski definition) is 2. The Balaban J connectivity index is 2.33. The van der Waals surface area contributed by atoms with E-state index >= 15 is 0 Å². The zero-order valence-corrected chi connectivity index (χ0v) is 10.0. The van der Waals surface area contributed by atoms with Gasteiger partial charge in [-0.3, -0.25) is 9.98 Å². The van der Waals surface area contributed by atoms with Crippen molar-refractivity contribution in [3.8, 4) is 11.5 Å². The van der Waals surface area contributed by atoms with E-state index in [-0.39, 0.29) is 11.5 Å². The van der Waals surface area contributed by atoms with Crippen LogP contribution in [0.3, 0.4) is 0 Å². The van der Waals surface area contributed by atoms with Gasteiger partial charge in [0.05, 0.1) is 39.5 Å². The van der Waals surface area contributed by atoms with Crippen LogP contribution in [0.15, 0.2) is 22.1 Å². The van der Waals surface area contributed by atoms with E-state index in [1.165, 1.54) is 12.1 Å². The van der Waals surface area contributed by atoms with Gasteiger partial charge in [0.25, 0.3) is 0 Å². The fraction of sp³-hybridized carbons (Fsp3) is 0.500. The van der Waals surface area contributed by atoms with Crippen molar-refractivity contribution in [2.75, 3.05) is 39.5 Å². The van der Waals surface area contributed by atoms with Crippen LogP contribution in [0.2, 0.25) is 0 Å². The summed E-state index contributed by atoms with van der Waals surface area (Å²) in [6.45, 7) is 2.78. The molecule has 0 aromatic heterocycles. The van der Waals surface area contributed by atoms with Crippen molar-refractivity contribution in [2.45, 2.75) is 0 Å². The second kappa shape index (κ2) is 6.32. The van der Waals surface area contributed by atoms with Crippen molar-refractivity contribution < 1.29 is 19.7 Å². The number of ether oxygens (including phenoxy) is 2. The van der Waals surface area contributed by atoms with Gasteiger partial charge in [0.2, 0.25) is 0 Å². The van der Waals surface area contributed by atoms with E-state index in [1.807, 2.05) is 0 Å². The van der Waals surface area contributed by atoms with Gasteiger partial charge in [-0.15, -0.1) is 0 Å². The van der Waals surface area contributed by atoms with Gasteiger partial charge in [-0.2, -0.15) is 0 Å². The lowest BCUT2D eigenvalue weighted by Gasteiger charge is -2.05. The van der Waals surface area contributed by atoms with Crippen molar-refractivity contribution >= 4 is 0 Å². The zero-order valence-electron chi connectivity index (χ0n) is 10.0. The van der Waals surface area contributed by atoms with E-state index in [2.05, 4.69) is 9.98 Å². The topological polar surface area (TPSA) is 83.6 Å². The molecule has 0 atom stereocenters. The molecule has 0 aliphatic carbocycles. The van der Waals surface area contributed by atoms with Crippen LogP contribution in [0.25, 0.3) is 0 Å². The molecule has 0 radical (unpaired) electrons. The Morgan fingerprint density at radius 3 is 1.67 bits per heavy atom. The Morgan fingerprint density at radius 1 is 0.778 bits per heavy atom. The number of nitrogens with zero attached hydrogens (tertiary/aromatic N) is 2. The Morgan fingerprint density at radius 2 is 1.22 bits per heavy atom. The zero-order chi connectivity index (χ0) is 12.8. The maximum atomic E-state index is 9.75. The second-order valence-electron chi connectivity index (χ2n) is 3.82. The lowest BCUT2D eigenvalue weighted by atomic mass is 10.3. The molecule has 0 unspecified atom stereocenters. The van der Waals surface area contributed by atoms with Gasteiger partial charge in [0.1, 0.15) is 22.2 Å². The van der Waals surface area contributed by atoms with E-state index in [1.54, 1.807) is 0 Å². The molecule has 0 amide bonds. The molecule has 0 saturated heterocycles. The van der Waals surface area contributed by atoms with Crippen LogP contribution in [0.4, 0.5) is 0 Å². The van der Waals surface area contributed by atoms with Crippen molar-refractivity contribution in [3.05, 3.63) is 22.8 Å². The molecule has 3 rings (SSSR count). The summed E-state index contributed by atoms with van der Waals surface area (Å²) in [6.07, 6.45) is 0. The van der Waals surface area contributed by atoms with Crippen molar-refractivity contribution in [1.29, 1.82) is 0 Å². The largest absolute Gasteiger partial charge is 0.506 e. The molecular weight excluding hydrogens is 236 g/mol. The molecule has 6 heteroatoms. The highest BCUT2D eigenvalue weighted by molar-refractivity contribution is 5.28. The summed E-state index contributed by atoms with van der Waals surface area (Å²) < 4.78 is 10.6. The summed E-state index contributed by atoms with van der Waals surface area (Å²) in [5, 5.41) is 20.2. The minimum atomic E-state index is 0.00419. The number of aromatic hydroxyl groups is 2. The molecule has 2 aliphatic rings. The molecule has 2 aliphatic heterocycles. The maximum absolute atomic E-state index is 9.75. The fourth-order valence-electron chi connectivity index (χ4n) is 1.59. The first-order chi connectivity index (χ1) is 8.77. The molecule has 18 heavy (non-hydrogen) atoms. The highest BCUT2D eigenvalue weighted by Crippen LogP contribution is 2.02. The van der Waals surface area contributed by atoms with Crippen LogP contribution in [0.5, 0.6) is 11.5 Å². The molecule has 2 N–H and O–H groups in total. The summed E-state index contributed by atoms with van der Waals surface area (Å²) in [7, 11) is 0. The number of benzene rings is 1. The van der Waals surface area contributed by atoms with Crippen LogP contribution >= 0.6 is 0 Å². The molecule has 2 heterocycles. The van der Waals surface area contributed by atoms with Crippen LogP contribution in [-0.2, 0) is 9.47 Å². The average molecular weight is 252 g/mol. The lowest BCUT2D eigenvalue weighted by molar-refractivity contribution is 0.0536. The molecule has 1 aromatic carbocycles. The standard InChI is InChI=1S/C12H16N2O4/c15-11-8-10-12(16)7-9(11)13-1-3-17-5-6-18-4-2-14-10/h7-8,15-16H,1-6H2. The summed E-state index contributed by atoms with van der Waals surface area (Å²) in [5.74, 6) is 0.00838. The third-order valence-electron chi connectivity index (χ3n) is 2.48. The van der Waals surface area contributed by atoms with E-state index in [0.29, 0.717) is 50.2 Å². The van der Waals surface area contributed by atoms with Gasteiger partial charge in [0.15, 0.2) is 0 Å². The highest BCUT2D eigenvalue weighted by Gasteiger charge is 2.01. The average Bonchev–Trinajstić information content (AvgIpc) is 2.36. The highest BCUT2D eigenvalue weighted by atomic mass is 16.5. The number of phenolic OH excluding ortho intramolecular Hbond substituents is 2. The lowest BCUT2D eigenvalue weighted by Crippen LogP contribution is -2.15. The number of rotatable bonds is 0. The molecule has 1 aromatic rings.